The van der Waals surface area contributed by atoms with Crippen LogP contribution in [0.15, 0.2) is 23.1 Å². The number of carbonyl (C=O) groups is 2. The zero-order valence-corrected chi connectivity index (χ0v) is 16.3. The predicted octanol–water partition coefficient (Wildman–Crippen LogP) is 1.50. The molecule has 142 valence electrons. The predicted molar refractivity (Wildman–Crippen MR) is 99.9 cm³/mol. The zero-order chi connectivity index (χ0) is 18.7. The lowest BCUT2D eigenvalue weighted by Crippen LogP contribution is -2.42. The van der Waals surface area contributed by atoms with Gasteiger partial charge in [0.05, 0.1) is 17.3 Å². The van der Waals surface area contributed by atoms with E-state index < -0.39 is 33.9 Å². The molecule has 1 aromatic carbocycles. The number of carbonyl (C=O) groups excluding carboxylic acids is 2. The smallest absolute Gasteiger partial charge is 0.317 e. The number of hydrogen-bond donors (Lipinski definition) is 1. The number of amides is 1. The SMILES string of the molecule is C[C@H](OC(=O)CSc1ccc2c(c1)CCC2)C(=O)N[C@H]1CCS(=O)(=O)C1. The van der Waals surface area contributed by atoms with Crippen LogP contribution in [0.4, 0.5) is 0 Å². The maximum Gasteiger partial charge on any atom is 0.317 e. The molecule has 1 heterocycles. The average molecular weight is 398 g/mol. The van der Waals surface area contributed by atoms with Gasteiger partial charge in [-0.1, -0.05) is 6.07 Å². The first-order chi connectivity index (χ1) is 12.3. The summed E-state index contributed by atoms with van der Waals surface area (Å²) in [6.45, 7) is 1.50. The van der Waals surface area contributed by atoms with Crippen LogP contribution < -0.4 is 5.32 Å². The summed E-state index contributed by atoms with van der Waals surface area (Å²) in [6, 6.07) is 5.85. The van der Waals surface area contributed by atoms with E-state index in [9.17, 15) is 18.0 Å². The van der Waals surface area contributed by atoms with Crippen molar-refractivity contribution in [2.75, 3.05) is 17.3 Å². The minimum absolute atomic E-state index is 0.0480. The third-order valence-electron chi connectivity index (χ3n) is 4.68. The van der Waals surface area contributed by atoms with E-state index in [2.05, 4.69) is 17.4 Å². The highest BCUT2D eigenvalue weighted by Gasteiger charge is 2.30. The number of thioether (sulfide) groups is 1. The van der Waals surface area contributed by atoms with Crippen LogP contribution in [-0.2, 0) is 37.0 Å². The van der Waals surface area contributed by atoms with E-state index >= 15 is 0 Å². The van der Waals surface area contributed by atoms with Crippen molar-refractivity contribution in [2.24, 2.45) is 0 Å². The number of hydrogen-bond acceptors (Lipinski definition) is 6. The molecule has 26 heavy (non-hydrogen) atoms. The van der Waals surface area contributed by atoms with Crippen LogP contribution >= 0.6 is 11.8 Å². The first-order valence-electron chi connectivity index (χ1n) is 8.77. The Labute approximate surface area is 158 Å². The Morgan fingerprint density at radius 3 is 2.81 bits per heavy atom. The first kappa shape index (κ1) is 19.2. The minimum atomic E-state index is -3.06. The van der Waals surface area contributed by atoms with Gasteiger partial charge in [-0.2, -0.15) is 0 Å². The van der Waals surface area contributed by atoms with Gasteiger partial charge >= 0.3 is 5.97 Å². The van der Waals surface area contributed by atoms with E-state index in [4.69, 9.17) is 4.74 Å². The van der Waals surface area contributed by atoms with Crippen molar-refractivity contribution in [3.8, 4) is 0 Å². The van der Waals surface area contributed by atoms with Crippen LogP contribution in [0.5, 0.6) is 0 Å². The fraction of sp³-hybridized carbons (Fsp3) is 0.556. The molecule has 0 radical (unpaired) electrons. The molecule has 8 heteroatoms. The monoisotopic (exact) mass is 397 g/mol. The molecule has 1 aliphatic carbocycles. The van der Waals surface area contributed by atoms with Gasteiger partial charge in [0.15, 0.2) is 15.9 Å². The van der Waals surface area contributed by atoms with Crippen molar-refractivity contribution in [2.45, 2.75) is 49.6 Å². The highest BCUT2D eigenvalue weighted by Crippen LogP contribution is 2.27. The van der Waals surface area contributed by atoms with Gasteiger partial charge in [-0.05, 0) is 55.9 Å². The number of ether oxygens (including phenoxy) is 1. The standard InChI is InChI=1S/C18H23NO5S2/c1-12(18(21)19-15-7-8-26(22,23)11-15)24-17(20)10-25-16-6-5-13-3-2-4-14(13)9-16/h5-6,9,12,15H,2-4,7-8,10-11H2,1H3,(H,19,21)/t12-,15-/m0/s1. The minimum Gasteiger partial charge on any atom is -0.452 e. The highest BCUT2D eigenvalue weighted by molar-refractivity contribution is 8.00. The third-order valence-corrected chi connectivity index (χ3v) is 7.42. The molecular formula is C18H23NO5S2. The molecule has 2 atom stereocenters. The first-order valence-corrected chi connectivity index (χ1v) is 11.6. The lowest BCUT2D eigenvalue weighted by molar-refractivity contribution is -0.152. The van der Waals surface area contributed by atoms with E-state index in [-0.39, 0.29) is 17.3 Å². The van der Waals surface area contributed by atoms with E-state index in [1.807, 2.05) is 6.07 Å². The largest absolute Gasteiger partial charge is 0.452 e. The fourth-order valence-electron chi connectivity index (χ4n) is 3.29. The van der Waals surface area contributed by atoms with Crippen LogP contribution in [0, 0.1) is 0 Å². The van der Waals surface area contributed by atoms with Gasteiger partial charge in [-0.25, -0.2) is 8.42 Å². The summed E-state index contributed by atoms with van der Waals surface area (Å²) in [5, 5.41) is 2.64. The molecule has 1 N–H and O–H groups in total. The van der Waals surface area contributed by atoms with Crippen LogP contribution in [0.2, 0.25) is 0 Å². The molecule has 0 saturated carbocycles. The molecule has 0 aromatic heterocycles. The molecule has 1 amide bonds. The summed E-state index contributed by atoms with van der Waals surface area (Å²) in [5.41, 5.74) is 2.73. The van der Waals surface area contributed by atoms with Crippen molar-refractivity contribution < 1.29 is 22.7 Å². The van der Waals surface area contributed by atoms with Gasteiger partial charge in [-0.3, -0.25) is 9.59 Å². The van der Waals surface area contributed by atoms with Gasteiger partial charge in [0.25, 0.3) is 5.91 Å². The second-order valence-electron chi connectivity index (χ2n) is 6.81. The molecule has 6 nitrogen and oxygen atoms in total. The molecule has 1 aromatic rings. The van der Waals surface area contributed by atoms with E-state index in [0.717, 1.165) is 17.7 Å². The number of nitrogens with one attached hydrogen (secondary N) is 1. The van der Waals surface area contributed by atoms with E-state index in [1.54, 1.807) is 0 Å². The lowest BCUT2D eigenvalue weighted by Gasteiger charge is -2.16. The molecule has 1 fully saturated rings. The van der Waals surface area contributed by atoms with Gasteiger partial charge in [0.1, 0.15) is 0 Å². The third kappa shape index (κ3) is 5.01. The van der Waals surface area contributed by atoms with Crippen LogP contribution in [-0.4, -0.2) is 49.7 Å². The fourth-order valence-corrected chi connectivity index (χ4v) is 5.71. The molecule has 0 spiro atoms. The second kappa shape index (κ2) is 8.00. The van der Waals surface area contributed by atoms with Gasteiger partial charge < -0.3 is 10.1 Å². The lowest BCUT2D eigenvalue weighted by atomic mass is 10.1. The molecule has 1 saturated heterocycles. The van der Waals surface area contributed by atoms with E-state index in [1.165, 1.54) is 36.2 Å². The van der Waals surface area contributed by atoms with Crippen molar-refractivity contribution in [1.82, 2.24) is 5.32 Å². The van der Waals surface area contributed by atoms with Crippen LogP contribution in [0.1, 0.15) is 30.9 Å². The average Bonchev–Trinajstić information content (AvgIpc) is 3.18. The molecular weight excluding hydrogens is 374 g/mol. The molecule has 0 unspecified atom stereocenters. The van der Waals surface area contributed by atoms with E-state index in [0.29, 0.717) is 6.42 Å². The van der Waals surface area contributed by atoms with Crippen molar-refractivity contribution in [1.29, 1.82) is 0 Å². The Bertz CT molecular complexity index is 806. The molecule has 1 aliphatic heterocycles. The summed E-state index contributed by atoms with van der Waals surface area (Å²) in [6.07, 6.45) is 2.86. The summed E-state index contributed by atoms with van der Waals surface area (Å²) in [4.78, 5) is 25.1. The molecule has 3 rings (SSSR count). The van der Waals surface area contributed by atoms with Crippen LogP contribution in [0.3, 0.4) is 0 Å². The van der Waals surface area contributed by atoms with Crippen molar-refractivity contribution in [3.63, 3.8) is 0 Å². The number of aryl methyl sites for hydroxylation is 2. The number of fused-ring (bicyclic) bond motifs is 1. The topological polar surface area (TPSA) is 89.5 Å². The Morgan fingerprint density at radius 2 is 2.08 bits per heavy atom. The quantitative estimate of drug-likeness (QED) is 0.578. The summed E-state index contributed by atoms with van der Waals surface area (Å²) in [5.74, 6) is -0.745. The number of esters is 1. The Hall–Kier alpha value is -1.54. The summed E-state index contributed by atoms with van der Waals surface area (Å²) < 4.78 is 28.0. The maximum atomic E-state index is 12.1. The van der Waals surface area contributed by atoms with Crippen molar-refractivity contribution in [3.05, 3.63) is 29.3 Å². The second-order valence-corrected chi connectivity index (χ2v) is 10.1. The summed E-state index contributed by atoms with van der Waals surface area (Å²) >= 11 is 1.40. The zero-order valence-electron chi connectivity index (χ0n) is 14.7. The molecule has 2 aliphatic rings. The molecule has 0 bridgehead atoms. The normalized spacial score (nSPS) is 21.8. The highest BCUT2D eigenvalue weighted by atomic mass is 32.2. The maximum absolute atomic E-state index is 12.1. The number of sulfone groups is 1. The Morgan fingerprint density at radius 1 is 1.31 bits per heavy atom. The Kier molecular flexibility index (Phi) is 5.92. The number of rotatable bonds is 6. The van der Waals surface area contributed by atoms with Gasteiger partial charge in [0.2, 0.25) is 0 Å². The van der Waals surface area contributed by atoms with Crippen LogP contribution in [0.25, 0.3) is 0 Å². The Balaban J connectivity index is 1.43. The number of benzene rings is 1. The van der Waals surface area contributed by atoms with Gasteiger partial charge in [0, 0.05) is 10.9 Å². The van der Waals surface area contributed by atoms with Gasteiger partial charge in [-0.15, -0.1) is 11.8 Å². The summed E-state index contributed by atoms with van der Waals surface area (Å²) in [7, 11) is -3.06. The van der Waals surface area contributed by atoms with Crippen molar-refractivity contribution >= 4 is 33.5 Å².